The van der Waals surface area contributed by atoms with E-state index in [9.17, 15) is 23.1 Å². The van der Waals surface area contributed by atoms with E-state index in [1.165, 1.54) is 14.0 Å². The molecule has 9 nitrogen and oxygen atoms in total. The van der Waals surface area contributed by atoms with Gasteiger partial charge in [-0.3, -0.25) is 9.59 Å². The minimum absolute atomic E-state index is 0.145. The van der Waals surface area contributed by atoms with Crippen LogP contribution in [-0.4, -0.2) is 80.3 Å². The van der Waals surface area contributed by atoms with Gasteiger partial charge in [0.2, 0.25) is 21.8 Å². The van der Waals surface area contributed by atoms with Gasteiger partial charge < -0.3 is 21.1 Å². The van der Waals surface area contributed by atoms with E-state index < -0.39 is 39.7 Å². The number of rotatable bonds is 9. The van der Waals surface area contributed by atoms with Crippen molar-refractivity contribution in [2.24, 2.45) is 0 Å². The fraction of sp³-hybridized carbons (Fsp3) is 0.857. The summed E-state index contributed by atoms with van der Waals surface area (Å²) in [7, 11) is -0.432. The Balaban J connectivity index is 0. The van der Waals surface area contributed by atoms with Gasteiger partial charge >= 0.3 is 0 Å². The fourth-order valence-corrected chi connectivity index (χ4v) is 1.98. The molecule has 0 radical (unpaired) electrons. The zero-order chi connectivity index (χ0) is 21.3. The normalized spacial score (nSPS) is 15.3. The molecule has 0 rings (SSSR count). The van der Waals surface area contributed by atoms with Crippen molar-refractivity contribution in [3.63, 3.8) is 0 Å². The van der Waals surface area contributed by atoms with Gasteiger partial charge in [-0.2, -0.15) is 0 Å². The number of halogens is 2. The Morgan fingerprint density at radius 1 is 1.19 bits per heavy atom. The Labute approximate surface area is 179 Å². The summed E-state index contributed by atoms with van der Waals surface area (Å²) in [6, 6.07) is -1.48. The second kappa shape index (κ2) is 12.6. The first-order valence-corrected chi connectivity index (χ1v) is 15.9. The number of aliphatic hydroxyl groups excluding tert-OH is 1. The molecule has 26 heavy (non-hydrogen) atoms. The lowest BCUT2D eigenvalue weighted by Gasteiger charge is -2.27. The summed E-state index contributed by atoms with van der Waals surface area (Å²) in [5, 5.41) is 18.0. The Hall–Kier alpha value is 0.230. The number of nitrogens with zero attached hydrogens (tertiary/aromatic N) is 1. The number of amides is 2. The molecule has 3 unspecified atom stereocenters. The molecular weight excluding hydrogens is 590 g/mol. The summed E-state index contributed by atoms with van der Waals surface area (Å²) < 4.78 is 23.7. The van der Waals surface area contributed by atoms with Gasteiger partial charge in [0, 0.05) is 50.8 Å². The third-order valence-electron chi connectivity index (χ3n) is 3.89. The van der Waals surface area contributed by atoms with Gasteiger partial charge in [0.1, 0.15) is 6.04 Å². The molecule has 0 fully saturated rings. The van der Waals surface area contributed by atoms with Crippen LogP contribution in [-0.2, 0) is 19.6 Å². The van der Waals surface area contributed by atoms with Gasteiger partial charge in [0.05, 0.1) is 23.9 Å². The number of carbonyl (C=O) groups excluding carboxylic acids is 2. The van der Waals surface area contributed by atoms with Crippen molar-refractivity contribution < 1.29 is 23.1 Å². The van der Waals surface area contributed by atoms with Crippen molar-refractivity contribution >= 4 is 59.1 Å². The van der Waals surface area contributed by atoms with Crippen molar-refractivity contribution in [1.82, 2.24) is 20.3 Å². The number of likely N-dealkylation sites (N-methyl/N-ethyl adjacent to an activating group) is 2. The molecular formula is C14H30I2N4O5S. The third-order valence-corrected chi connectivity index (χ3v) is 5.17. The maximum absolute atomic E-state index is 12.1. The highest BCUT2D eigenvalue weighted by Crippen LogP contribution is 2.03. The van der Waals surface area contributed by atoms with E-state index in [2.05, 4.69) is 53.2 Å². The maximum Gasteiger partial charge on any atom is 0.242 e. The highest BCUT2D eigenvalue weighted by molar-refractivity contribution is 15.0. The minimum atomic E-state index is -3.41. The Morgan fingerprint density at radius 2 is 1.65 bits per heavy atom. The number of carbonyl (C=O) groups is 2. The number of hydrogen-bond acceptors (Lipinski definition) is 6. The molecule has 4 N–H and O–H groups in total. The summed E-state index contributed by atoms with van der Waals surface area (Å²) in [4.78, 5) is 24.1. The predicted molar refractivity (Wildman–Crippen MR) is 120 cm³/mol. The molecule has 2 amide bonds. The van der Waals surface area contributed by atoms with Crippen LogP contribution in [0.1, 0.15) is 27.7 Å². The lowest BCUT2D eigenvalue weighted by atomic mass is 10.0. The van der Waals surface area contributed by atoms with Crippen LogP contribution in [0.15, 0.2) is 0 Å². The number of aliphatic hydroxyl groups is 1. The maximum atomic E-state index is 12.1. The summed E-state index contributed by atoms with van der Waals surface area (Å²) in [6.45, 7) is 6.31. The Kier molecular flexibility index (Phi) is 13.8. The van der Waals surface area contributed by atoms with Crippen LogP contribution in [0.2, 0.25) is 0 Å². The van der Waals surface area contributed by atoms with Gasteiger partial charge in [-0.15, -0.1) is 0 Å². The molecule has 156 valence electrons. The van der Waals surface area contributed by atoms with Crippen LogP contribution < -0.4 is 16.0 Å². The van der Waals surface area contributed by atoms with Crippen molar-refractivity contribution in [3.05, 3.63) is 0 Å². The van der Waals surface area contributed by atoms with E-state index in [4.69, 9.17) is 0 Å². The third kappa shape index (κ3) is 10.5. The van der Waals surface area contributed by atoms with E-state index >= 15 is 0 Å². The standard InChI is InChI=1S/C14H30N4O5S.I2/c1-9(11(19)8-18(6)24(7,22)23)16-12(20)10(2)17-13(21)14(3,4)15-5;1-2/h9-11,15,19H,8H2,1-7H3,(H,16,20)(H,17,21);. The van der Waals surface area contributed by atoms with Crippen LogP contribution in [0.4, 0.5) is 0 Å². The first-order valence-electron chi connectivity index (χ1n) is 7.76. The van der Waals surface area contributed by atoms with Crippen LogP contribution in [0.5, 0.6) is 0 Å². The molecule has 0 heterocycles. The van der Waals surface area contributed by atoms with Gasteiger partial charge in [-0.1, -0.05) is 0 Å². The first kappa shape index (κ1) is 28.4. The molecule has 0 aliphatic heterocycles. The van der Waals surface area contributed by atoms with E-state index in [0.717, 1.165) is 10.6 Å². The van der Waals surface area contributed by atoms with E-state index in [0.29, 0.717) is 0 Å². The average molecular weight is 620 g/mol. The zero-order valence-electron chi connectivity index (χ0n) is 16.1. The second-order valence-electron chi connectivity index (χ2n) is 6.48. The summed E-state index contributed by atoms with van der Waals surface area (Å²) in [5.74, 6) is -0.804. The van der Waals surface area contributed by atoms with E-state index in [1.807, 2.05) is 0 Å². The summed E-state index contributed by atoms with van der Waals surface area (Å²) in [5.41, 5.74) is -0.822. The average Bonchev–Trinajstić information content (AvgIpc) is 2.55. The molecule has 0 aromatic carbocycles. The first-order chi connectivity index (χ1) is 11.7. The molecule has 0 aromatic rings. The van der Waals surface area contributed by atoms with Crippen molar-refractivity contribution in [2.45, 2.75) is 51.4 Å². The quantitative estimate of drug-likeness (QED) is 0.270. The molecule has 0 aromatic heterocycles. The van der Waals surface area contributed by atoms with Gasteiger partial charge in [-0.05, 0) is 34.7 Å². The zero-order valence-corrected chi connectivity index (χ0v) is 21.3. The predicted octanol–water partition coefficient (Wildman–Crippen LogP) is 0.0175. The van der Waals surface area contributed by atoms with E-state index in [-0.39, 0.29) is 12.5 Å². The molecule has 0 aliphatic carbocycles. The fourth-order valence-electron chi connectivity index (χ4n) is 1.56. The Morgan fingerprint density at radius 3 is 2.04 bits per heavy atom. The Bertz CT molecular complexity index is 560. The summed E-state index contributed by atoms with van der Waals surface area (Å²) >= 11 is 4.24. The van der Waals surface area contributed by atoms with E-state index in [1.54, 1.807) is 27.8 Å². The molecule has 0 bridgehead atoms. The van der Waals surface area contributed by atoms with Gasteiger partial charge in [-0.25, -0.2) is 12.7 Å². The monoisotopic (exact) mass is 620 g/mol. The minimum Gasteiger partial charge on any atom is -0.390 e. The molecule has 12 heteroatoms. The number of sulfonamides is 1. The molecule has 3 atom stereocenters. The van der Waals surface area contributed by atoms with Crippen molar-refractivity contribution in [1.29, 1.82) is 0 Å². The van der Waals surface area contributed by atoms with Gasteiger partial charge in [0.15, 0.2) is 0 Å². The molecule has 0 aliphatic rings. The van der Waals surface area contributed by atoms with Crippen molar-refractivity contribution in [3.8, 4) is 0 Å². The van der Waals surface area contributed by atoms with Crippen molar-refractivity contribution in [2.75, 3.05) is 26.9 Å². The lowest BCUT2D eigenvalue weighted by Crippen LogP contribution is -2.57. The van der Waals surface area contributed by atoms with Crippen LogP contribution in [0.3, 0.4) is 0 Å². The van der Waals surface area contributed by atoms with Gasteiger partial charge in [0.25, 0.3) is 0 Å². The molecule has 0 saturated carbocycles. The largest absolute Gasteiger partial charge is 0.390 e. The topological polar surface area (TPSA) is 128 Å². The molecule has 0 spiro atoms. The highest BCUT2D eigenvalue weighted by Gasteiger charge is 2.29. The summed E-state index contributed by atoms with van der Waals surface area (Å²) in [6.07, 6.45) is -0.0466. The molecule has 0 saturated heterocycles. The second-order valence-corrected chi connectivity index (χ2v) is 8.57. The highest BCUT2D eigenvalue weighted by atomic mass is 128. The number of nitrogens with one attached hydrogen (secondary N) is 3. The van der Waals surface area contributed by atoms with Crippen LogP contribution in [0.25, 0.3) is 0 Å². The lowest BCUT2D eigenvalue weighted by molar-refractivity contribution is -0.132. The number of hydrogen-bond donors (Lipinski definition) is 4. The van der Waals surface area contributed by atoms with Crippen LogP contribution in [0, 0.1) is 0 Å². The SMILES string of the molecule is CNC(C)(C)C(=O)NC(C)C(=O)NC(C)C(O)CN(C)S(C)(=O)=O.II. The van der Waals surface area contributed by atoms with Crippen LogP contribution >= 0.6 is 37.2 Å². The smallest absolute Gasteiger partial charge is 0.242 e.